The third-order valence-electron chi connectivity index (χ3n) is 4.39. The second-order valence-electron chi connectivity index (χ2n) is 6.72. The van der Waals surface area contributed by atoms with Crippen molar-refractivity contribution in [3.8, 4) is 5.75 Å². The highest BCUT2D eigenvalue weighted by atomic mass is 16.5. The average molecular weight is 421 g/mol. The molecule has 0 aliphatic carbocycles. The summed E-state index contributed by atoms with van der Waals surface area (Å²) in [5.41, 5.74) is 3.09. The van der Waals surface area contributed by atoms with Gasteiger partial charge in [-0.1, -0.05) is 25.5 Å². The highest BCUT2D eigenvalue weighted by Crippen LogP contribution is 2.13. The number of nitrogens with zero attached hydrogens (tertiary/aromatic N) is 1. The molecule has 0 aliphatic rings. The fourth-order valence-electron chi connectivity index (χ4n) is 2.69. The number of amides is 2. The van der Waals surface area contributed by atoms with Crippen LogP contribution >= 0.6 is 0 Å². The van der Waals surface area contributed by atoms with Crippen molar-refractivity contribution in [3.63, 3.8) is 0 Å². The van der Waals surface area contributed by atoms with Crippen LogP contribution < -0.4 is 20.9 Å². The van der Waals surface area contributed by atoms with E-state index >= 15 is 0 Å². The van der Waals surface area contributed by atoms with E-state index in [1.54, 1.807) is 48.5 Å². The molecule has 3 rings (SSSR count). The van der Waals surface area contributed by atoms with E-state index in [0.717, 1.165) is 12.8 Å². The third-order valence-corrected chi connectivity index (χ3v) is 4.39. The normalized spacial score (nSPS) is 10.9. The Morgan fingerprint density at radius 3 is 2.68 bits per heavy atom. The SMILES string of the molecule is CCCCOc1ccc(C(=O)NCC(=O)NN=Cc2coc3ccccc3c2=O)cc1. The summed E-state index contributed by atoms with van der Waals surface area (Å²) in [6, 6.07) is 13.5. The third kappa shape index (κ3) is 6.02. The Balaban J connectivity index is 1.48. The lowest BCUT2D eigenvalue weighted by molar-refractivity contribution is -0.120. The molecule has 0 radical (unpaired) electrons. The van der Waals surface area contributed by atoms with Crippen LogP contribution in [0, 0.1) is 0 Å². The van der Waals surface area contributed by atoms with Crippen LogP contribution in [0.25, 0.3) is 11.0 Å². The molecule has 0 atom stereocenters. The zero-order valence-corrected chi connectivity index (χ0v) is 17.1. The van der Waals surface area contributed by atoms with Crippen molar-refractivity contribution in [3.05, 3.63) is 76.1 Å². The summed E-state index contributed by atoms with van der Waals surface area (Å²) < 4.78 is 10.9. The van der Waals surface area contributed by atoms with Crippen molar-refractivity contribution in [2.45, 2.75) is 19.8 Å². The van der Waals surface area contributed by atoms with Gasteiger partial charge in [0, 0.05) is 5.56 Å². The van der Waals surface area contributed by atoms with E-state index in [2.05, 4.69) is 22.8 Å². The molecule has 8 heteroatoms. The Bertz CT molecular complexity index is 1140. The second-order valence-corrected chi connectivity index (χ2v) is 6.72. The molecule has 2 amide bonds. The topological polar surface area (TPSA) is 110 Å². The van der Waals surface area contributed by atoms with Gasteiger partial charge in [-0.2, -0.15) is 5.10 Å². The highest BCUT2D eigenvalue weighted by molar-refractivity contribution is 5.96. The lowest BCUT2D eigenvalue weighted by atomic mass is 10.2. The number of nitrogens with one attached hydrogen (secondary N) is 2. The number of ether oxygens (including phenoxy) is 1. The van der Waals surface area contributed by atoms with Gasteiger partial charge >= 0.3 is 0 Å². The van der Waals surface area contributed by atoms with Crippen LogP contribution in [0.1, 0.15) is 35.7 Å². The average Bonchev–Trinajstić information content (AvgIpc) is 2.80. The van der Waals surface area contributed by atoms with Gasteiger partial charge in [-0.25, -0.2) is 5.43 Å². The van der Waals surface area contributed by atoms with Crippen LogP contribution in [0.5, 0.6) is 5.75 Å². The minimum atomic E-state index is -0.533. The number of hydrogen-bond acceptors (Lipinski definition) is 6. The Morgan fingerprint density at radius 1 is 1.13 bits per heavy atom. The minimum absolute atomic E-state index is 0.198. The number of fused-ring (bicyclic) bond motifs is 1. The second kappa shape index (κ2) is 10.7. The number of para-hydroxylation sites is 1. The first-order valence-corrected chi connectivity index (χ1v) is 9.92. The molecule has 160 valence electrons. The number of carbonyl (C=O) groups is 2. The number of hydrazone groups is 1. The van der Waals surface area contributed by atoms with Gasteiger partial charge in [-0.05, 0) is 42.8 Å². The molecule has 2 aromatic carbocycles. The lowest BCUT2D eigenvalue weighted by Gasteiger charge is -2.07. The molecular formula is C23H23N3O5. The Kier molecular flexibility index (Phi) is 7.53. The number of hydrogen-bond donors (Lipinski definition) is 2. The molecule has 3 aromatic rings. The van der Waals surface area contributed by atoms with Crippen molar-refractivity contribution < 1.29 is 18.7 Å². The summed E-state index contributed by atoms with van der Waals surface area (Å²) in [5, 5.41) is 6.69. The summed E-state index contributed by atoms with van der Waals surface area (Å²) in [7, 11) is 0. The largest absolute Gasteiger partial charge is 0.494 e. The maximum Gasteiger partial charge on any atom is 0.259 e. The van der Waals surface area contributed by atoms with E-state index in [-0.39, 0.29) is 17.5 Å². The summed E-state index contributed by atoms with van der Waals surface area (Å²) in [5.74, 6) is -0.237. The van der Waals surface area contributed by atoms with E-state index in [1.807, 2.05) is 0 Å². The standard InChI is InChI=1S/C23H23N3O5/c1-2-3-12-30-18-10-8-16(9-11-18)23(29)24-14-21(27)26-25-13-17-15-31-20-7-5-4-6-19(20)22(17)28/h4-11,13,15H,2-3,12,14H2,1H3,(H,24,29)(H,26,27). The molecule has 0 saturated heterocycles. The number of benzene rings is 2. The van der Waals surface area contributed by atoms with Gasteiger partial charge in [0.1, 0.15) is 17.6 Å². The van der Waals surface area contributed by atoms with Crippen LogP contribution in [0.4, 0.5) is 0 Å². The van der Waals surface area contributed by atoms with Gasteiger partial charge in [0.05, 0.1) is 30.3 Å². The summed E-state index contributed by atoms with van der Waals surface area (Å²) >= 11 is 0. The smallest absolute Gasteiger partial charge is 0.259 e. The number of unbranched alkanes of at least 4 members (excludes halogenated alkanes) is 1. The molecule has 0 spiro atoms. The minimum Gasteiger partial charge on any atom is -0.494 e. The van der Waals surface area contributed by atoms with Gasteiger partial charge in [-0.3, -0.25) is 14.4 Å². The van der Waals surface area contributed by atoms with Crippen molar-refractivity contribution in [1.29, 1.82) is 0 Å². The summed E-state index contributed by atoms with van der Waals surface area (Å²) in [6.07, 6.45) is 4.49. The first-order chi connectivity index (χ1) is 15.1. The highest BCUT2D eigenvalue weighted by Gasteiger charge is 2.08. The first kappa shape index (κ1) is 21.8. The quantitative estimate of drug-likeness (QED) is 0.314. The zero-order chi connectivity index (χ0) is 22.1. The zero-order valence-electron chi connectivity index (χ0n) is 17.1. The maximum absolute atomic E-state index is 12.3. The van der Waals surface area contributed by atoms with Gasteiger partial charge in [-0.15, -0.1) is 0 Å². The molecule has 1 aromatic heterocycles. The van der Waals surface area contributed by atoms with Gasteiger partial charge in [0.2, 0.25) is 5.43 Å². The molecule has 0 fully saturated rings. The van der Waals surface area contributed by atoms with E-state index in [1.165, 1.54) is 12.5 Å². The van der Waals surface area contributed by atoms with Crippen molar-refractivity contribution >= 4 is 29.0 Å². The lowest BCUT2D eigenvalue weighted by Crippen LogP contribution is -2.35. The predicted octanol–water partition coefficient (Wildman–Crippen LogP) is 2.85. The molecule has 31 heavy (non-hydrogen) atoms. The monoisotopic (exact) mass is 421 g/mol. The summed E-state index contributed by atoms with van der Waals surface area (Å²) in [4.78, 5) is 36.4. The van der Waals surface area contributed by atoms with Crippen molar-refractivity contribution in [2.24, 2.45) is 5.10 Å². The van der Waals surface area contributed by atoms with E-state index in [9.17, 15) is 14.4 Å². The molecule has 2 N–H and O–H groups in total. The van der Waals surface area contributed by atoms with Gasteiger partial charge < -0.3 is 14.5 Å². The van der Waals surface area contributed by atoms with Crippen LogP contribution in [0.15, 0.2) is 69.1 Å². The van der Waals surface area contributed by atoms with Crippen LogP contribution in [-0.2, 0) is 4.79 Å². The van der Waals surface area contributed by atoms with Gasteiger partial charge in [0.15, 0.2) is 0 Å². The molecule has 0 saturated carbocycles. The fraction of sp³-hybridized carbons (Fsp3) is 0.217. The van der Waals surface area contributed by atoms with Crippen LogP contribution in [0.2, 0.25) is 0 Å². The molecule has 1 heterocycles. The Labute approximate surface area is 178 Å². The van der Waals surface area contributed by atoms with Crippen molar-refractivity contribution in [1.82, 2.24) is 10.7 Å². The fourth-order valence-corrected chi connectivity index (χ4v) is 2.69. The van der Waals surface area contributed by atoms with Crippen LogP contribution in [-0.4, -0.2) is 31.2 Å². The summed E-state index contributed by atoms with van der Waals surface area (Å²) in [6.45, 7) is 2.44. The maximum atomic E-state index is 12.3. The van der Waals surface area contributed by atoms with Crippen LogP contribution in [0.3, 0.4) is 0 Å². The number of carbonyl (C=O) groups excluding carboxylic acids is 2. The molecule has 0 aliphatic heterocycles. The number of rotatable bonds is 9. The Hall–Kier alpha value is -3.94. The van der Waals surface area contributed by atoms with E-state index in [0.29, 0.717) is 28.9 Å². The van der Waals surface area contributed by atoms with E-state index < -0.39 is 11.8 Å². The first-order valence-electron chi connectivity index (χ1n) is 9.92. The predicted molar refractivity (Wildman–Crippen MR) is 117 cm³/mol. The van der Waals surface area contributed by atoms with Gasteiger partial charge in [0.25, 0.3) is 11.8 Å². The molecule has 8 nitrogen and oxygen atoms in total. The molecular weight excluding hydrogens is 398 g/mol. The van der Waals surface area contributed by atoms with E-state index in [4.69, 9.17) is 9.15 Å². The Morgan fingerprint density at radius 2 is 1.90 bits per heavy atom. The molecule has 0 unspecified atom stereocenters. The van der Waals surface area contributed by atoms with Crippen molar-refractivity contribution in [2.75, 3.05) is 13.2 Å². The molecule has 0 bridgehead atoms.